The Morgan fingerprint density at radius 3 is 1.90 bits per heavy atom. The molecule has 0 bridgehead atoms. The molecule has 0 atom stereocenters. The number of carbonyl (C=O) groups excluding carboxylic acids is 1. The van der Waals surface area contributed by atoms with Crippen molar-refractivity contribution in [2.75, 3.05) is 7.05 Å². The van der Waals surface area contributed by atoms with Gasteiger partial charge in [-0.1, -0.05) is 0 Å². The minimum Gasteiger partial charge on any atom is -0.472 e. The van der Waals surface area contributed by atoms with E-state index in [2.05, 4.69) is 17.5 Å². The smallest absolute Gasteiger partial charge is 0.381 e. The van der Waals surface area contributed by atoms with Crippen LogP contribution in [-0.2, 0) is 4.79 Å². The second kappa shape index (κ2) is 7.30. The van der Waals surface area contributed by atoms with Gasteiger partial charge in [-0.25, -0.2) is 9.59 Å². The van der Waals surface area contributed by atoms with E-state index in [-0.39, 0.29) is 0 Å². The van der Waals surface area contributed by atoms with Gasteiger partial charge in [-0.15, -0.1) is 6.42 Å². The summed E-state index contributed by atoms with van der Waals surface area (Å²) in [4.78, 5) is 18.6. The molecular formula is C5H8N2O3. The molecule has 0 aliphatic rings. The van der Waals surface area contributed by atoms with Gasteiger partial charge >= 0.3 is 12.0 Å². The fraction of sp³-hybridized carbons (Fsp3) is 0.200. The number of rotatable bonds is 0. The molecule has 0 aromatic rings. The van der Waals surface area contributed by atoms with Crippen molar-refractivity contribution in [1.29, 1.82) is 0 Å². The summed E-state index contributed by atoms with van der Waals surface area (Å²) in [6, 6.07) is -0.495. The summed E-state index contributed by atoms with van der Waals surface area (Å²) in [5, 5.41) is 9.65. The zero-order valence-electron chi connectivity index (χ0n) is 5.42. The largest absolute Gasteiger partial charge is 0.472 e. The first-order valence-corrected chi connectivity index (χ1v) is 2.21. The predicted octanol–water partition coefficient (Wildman–Crippen LogP) is -1.01. The molecule has 5 nitrogen and oxygen atoms in total. The maximum atomic E-state index is 9.48. The Bertz CT molecular complexity index is 159. The monoisotopic (exact) mass is 144 g/mol. The quantitative estimate of drug-likeness (QED) is 0.380. The Morgan fingerprint density at radius 1 is 1.70 bits per heavy atom. The normalized spacial score (nSPS) is 6.00. The number of carboxylic acid groups (broad SMARTS) is 1. The maximum Gasteiger partial charge on any atom is 0.381 e. The van der Waals surface area contributed by atoms with Crippen molar-refractivity contribution >= 4 is 12.0 Å². The Kier molecular flexibility index (Phi) is 8.14. The molecule has 0 radical (unpaired) electrons. The van der Waals surface area contributed by atoms with Crippen LogP contribution in [0.1, 0.15) is 0 Å². The highest BCUT2D eigenvalue weighted by Gasteiger charge is 1.74. The van der Waals surface area contributed by atoms with Crippen molar-refractivity contribution in [2.45, 2.75) is 0 Å². The standard InChI is InChI=1S/C3H2O2.C2H6N2O/c1-2-3(4)5;1-4-2(3)5/h1H,(H,4,5);1H3,(H3,3,4,5). The number of carbonyl (C=O) groups is 2. The highest BCUT2D eigenvalue weighted by atomic mass is 16.4. The van der Waals surface area contributed by atoms with E-state index < -0.39 is 12.0 Å². The number of urea groups is 1. The van der Waals surface area contributed by atoms with Crippen LogP contribution in [0.4, 0.5) is 4.79 Å². The maximum absolute atomic E-state index is 9.48. The van der Waals surface area contributed by atoms with Gasteiger partial charge < -0.3 is 16.2 Å². The average molecular weight is 144 g/mol. The molecule has 0 aromatic heterocycles. The molecule has 0 spiro atoms. The molecule has 4 N–H and O–H groups in total. The van der Waals surface area contributed by atoms with E-state index in [1.54, 1.807) is 0 Å². The van der Waals surface area contributed by atoms with Crippen LogP contribution in [0.3, 0.4) is 0 Å². The number of aliphatic carboxylic acids is 1. The number of hydrogen-bond acceptors (Lipinski definition) is 2. The van der Waals surface area contributed by atoms with Crippen LogP contribution >= 0.6 is 0 Å². The van der Waals surface area contributed by atoms with Gasteiger partial charge in [-0.05, 0) is 0 Å². The number of nitrogens with two attached hydrogens (primary N) is 1. The fourth-order valence-corrected chi connectivity index (χ4v) is 0. The Hall–Kier alpha value is -1.70. The van der Waals surface area contributed by atoms with E-state index in [4.69, 9.17) is 9.90 Å². The molecule has 0 rings (SSSR count). The van der Waals surface area contributed by atoms with Gasteiger partial charge in [-0.2, -0.15) is 0 Å². The first-order valence-electron chi connectivity index (χ1n) is 2.21. The van der Waals surface area contributed by atoms with Crippen LogP contribution in [0.15, 0.2) is 0 Å². The van der Waals surface area contributed by atoms with Gasteiger partial charge in [0.15, 0.2) is 0 Å². The number of primary amides is 1. The summed E-state index contributed by atoms with van der Waals surface area (Å²) in [7, 11) is 1.47. The van der Waals surface area contributed by atoms with Crippen LogP contribution < -0.4 is 11.1 Å². The molecule has 0 aliphatic heterocycles. The molecule has 5 heteroatoms. The van der Waals surface area contributed by atoms with E-state index in [1.165, 1.54) is 13.0 Å². The highest BCUT2D eigenvalue weighted by molar-refractivity contribution is 5.85. The molecular weight excluding hydrogens is 136 g/mol. The van der Waals surface area contributed by atoms with Crippen LogP contribution in [-0.4, -0.2) is 24.2 Å². The molecule has 0 saturated heterocycles. The van der Waals surface area contributed by atoms with Gasteiger partial charge in [-0.3, -0.25) is 0 Å². The molecule has 2 amide bonds. The average Bonchev–Trinajstić information content (AvgIpc) is 1.89. The van der Waals surface area contributed by atoms with Crippen LogP contribution in [0.2, 0.25) is 0 Å². The third-order valence-corrected chi connectivity index (χ3v) is 0.370. The lowest BCUT2D eigenvalue weighted by Gasteiger charge is -1.80. The van der Waals surface area contributed by atoms with E-state index in [9.17, 15) is 4.79 Å². The van der Waals surface area contributed by atoms with Crippen LogP contribution in [0.25, 0.3) is 0 Å². The SMILES string of the molecule is C#CC(=O)O.CNC(N)=O. The fourth-order valence-electron chi connectivity index (χ4n) is 0. The van der Waals surface area contributed by atoms with Crippen molar-refractivity contribution in [3.05, 3.63) is 0 Å². The number of nitrogens with one attached hydrogen (secondary N) is 1. The first kappa shape index (κ1) is 11.1. The lowest BCUT2D eigenvalue weighted by atomic mass is 10.7. The molecule has 10 heavy (non-hydrogen) atoms. The Morgan fingerprint density at radius 2 is 1.90 bits per heavy atom. The van der Waals surface area contributed by atoms with E-state index in [0.717, 1.165) is 0 Å². The van der Waals surface area contributed by atoms with Gasteiger partial charge in [0, 0.05) is 13.0 Å². The van der Waals surface area contributed by atoms with E-state index in [0.29, 0.717) is 0 Å². The third-order valence-electron chi connectivity index (χ3n) is 0.370. The van der Waals surface area contributed by atoms with Crippen LogP contribution in [0, 0.1) is 12.3 Å². The number of terminal acetylenes is 1. The van der Waals surface area contributed by atoms with Crippen molar-refractivity contribution in [3.63, 3.8) is 0 Å². The summed E-state index contributed by atoms with van der Waals surface area (Å²) in [6.45, 7) is 0. The summed E-state index contributed by atoms with van der Waals surface area (Å²) in [6.07, 6.45) is 4.32. The van der Waals surface area contributed by atoms with Gasteiger partial charge in [0.25, 0.3) is 0 Å². The summed E-state index contributed by atoms with van der Waals surface area (Å²) in [5.74, 6) is 0.227. The summed E-state index contributed by atoms with van der Waals surface area (Å²) in [5.41, 5.74) is 4.54. The number of carboxylic acids is 1. The molecule has 56 valence electrons. The number of amides is 2. The number of hydrogen-bond donors (Lipinski definition) is 3. The lowest BCUT2D eigenvalue weighted by molar-refractivity contribution is -0.130. The second-order valence-corrected chi connectivity index (χ2v) is 1.06. The molecule has 0 aliphatic carbocycles. The third kappa shape index (κ3) is 33.5. The van der Waals surface area contributed by atoms with Crippen molar-refractivity contribution in [2.24, 2.45) is 5.73 Å². The zero-order chi connectivity index (χ0) is 8.57. The summed E-state index contributed by atoms with van der Waals surface area (Å²) >= 11 is 0. The highest BCUT2D eigenvalue weighted by Crippen LogP contribution is 1.44. The minimum atomic E-state index is -1.22. The molecule has 0 aromatic carbocycles. The Balaban J connectivity index is 0. The van der Waals surface area contributed by atoms with Crippen molar-refractivity contribution in [1.82, 2.24) is 5.32 Å². The predicted molar refractivity (Wildman–Crippen MR) is 35.1 cm³/mol. The van der Waals surface area contributed by atoms with Crippen molar-refractivity contribution in [3.8, 4) is 12.3 Å². The van der Waals surface area contributed by atoms with E-state index in [1.807, 2.05) is 0 Å². The van der Waals surface area contributed by atoms with Gasteiger partial charge in [0.05, 0.1) is 0 Å². The van der Waals surface area contributed by atoms with Crippen molar-refractivity contribution < 1.29 is 14.7 Å². The van der Waals surface area contributed by atoms with E-state index >= 15 is 0 Å². The topological polar surface area (TPSA) is 92.4 Å². The molecule has 0 saturated carbocycles. The molecule has 0 fully saturated rings. The van der Waals surface area contributed by atoms with Gasteiger partial charge in [0.2, 0.25) is 0 Å². The Labute approximate surface area is 58.2 Å². The zero-order valence-corrected chi connectivity index (χ0v) is 5.42. The van der Waals surface area contributed by atoms with Gasteiger partial charge in [0.1, 0.15) is 0 Å². The second-order valence-electron chi connectivity index (χ2n) is 1.06. The lowest BCUT2D eigenvalue weighted by Crippen LogP contribution is -2.24. The molecule has 0 heterocycles. The first-order chi connectivity index (χ1) is 4.54. The van der Waals surface area contributed by atoms with Crippen LogP contribution in [0.5, 0.6) is 0 Å². The summed E-state index contributed by atoms with van der Waals surface area (Å²) < 4.78 is 0. The minimum absolute atomic E-state index is 0.495. The molecule has 0 unspecified atom stereocenters.